The Hall–Kier alpha value is -0.265. The number of hydrogen-bond donors (Lipinski definition) is 1. The Morgan fingerprint density at radius 1 is 0.917 bits per heavy atom. The molecule has 0 amide bonds. The third kappa shape index (κ3) is 247. The molecule has 3 radical (unpaired) electrons. The van der Waals surface area contributed by atoms with E-state index in [0.717, 1.165) is 12.1 Å². The largest absolute Gasteiger partial charge is 0.310 e. The van der Waals surface area contributed by atoms with Crippen LogP contribution in [0.3, 0.4) is 0 Å². The maximum atomic E-state index is 6.74. The van der Waals surface area contributed by atoms with E-state index in [9.17, 15) is 0 Å². The van der Waals surface area contributed by atoms with Crippen LogP contribution in [-0.2, 0) is 0 Å². The third-order valence-electron chi connectivity index (χ3n) is 0.530. The zero-order chi connectivity index (χ0) is 10.3. The highest BCUT2D eigenvalue weighted by molar-refractivity contribution is 5.78. The Bertz CT molecular complexity index is 45.1. The molecule has 0 saturated carbocycles. The van der Waals surface area contributed by atoms with Crippen molar-refractivity contribution < 1.29 is 0 Å². The van der Waals surface area contributed by atoms with Crippen LogP contribution in [0.5, 0.6) is 0 Å². The van der Waals surface area contributed by atoms with Crippen LogP contribution in [0.4, 0.5) is 0 Å². The van der Waals surface area contributed by atoms with Gasteiger partial charge >= 0.3 is 0 Å². The number of nitrogens with one attached hydrogen (secondary N) is 1. The molecule has 2 heteroatoms. The average Bonchev–Trinajstić information content (AvgIpc) is 2.15. The molecule has 0 atom stereocenters. The van der Waals surface area contributed by atoms with Crippen LogP contribution in [0.1, 0.15) is 61.8 Å². The first kappa shape index (κ1) is 29.8. The monoisotopic (exact) mass is 172 g/mol. The molecule has 0 unspecified atom stereocenters. The van der Waals surface area contributed by atoms with Gasteiger partial charge in [0.15, 0.2) is 0 Å². The minimum absolute atomic E-state index is 0. The van der Waals surface area contributed by atoms with E-state index in [4.69, 9.17) is 5.41 Å². The van der Waals surface area contributed by atoms with Gasteiger partial charge in [-0.05, 0) is 13.3 Å². The van der Waals surface area contributed by atoms with Crippen molar-refractivity contribution in [1.29, 1.82) is 5.41 Å². The molecule has 0 bridgehead atoms. The molecular weight excluding hydrogens is 145 g/mol. The number of hydrogen-bond acceptors (Lipinski definition) is 1. The summed E-state index contributed by atoms with van der Waals surface area (Å²) < 4.78 is 0. The summed E-state index contributed by atoms with van der Waals surface area (Å²) in [5.41, 5.74) is 0.755. The van der Waals surface area contributed by atoms with Crippen LogP contribution in [-0.4, -0.2) is 14.1 Å². The molecule has 0 aliphatic carbocycles. The average molecular weight is 172 g/mol. The predicted octanol–water partition coefficient (Wildman–Crippen LogP) is 4.13. The normalized spacial score (nSPS) is 4.67. The van der Waals surface area contributed by atoms with Gasteiger partial charge in [-0.2, -0.15) is 0 Å². The van der Waals surface area contributed by atoms with Crippen molar-refractivity contribution in [3.8, 4) is 0 Å². The second-order valence-electron chi connectivity index (χ2n) is 1.13. The molecule has 0 spiro atoms. The zero-order valence-electron chi connectivity index (χ0n) is 10.3. The van der Waals surface area contributed by atoms with Gasteiger partial charge in [0.25, 0.3) is 0 Å². The van der Waals surface area contributed by atoms with E-state index >= 15 is 0 Å². The Morgan fingerprint density at radius 3 is 1.00 bits per heavy atom. The van der Waals surface area contributed by atoms with Crippen molar-refractivity contribution in [2.24, 2.45) is 0 Å². The zero-order valence-corrected chi connectivity index (χ0v) is 10.3. The van der Waals surface area contributed by atoms with E-state index in [-0.39, 0.29) is 8.41 Å². The molecule has 12 heavy (non-hydrogen) atoms. The van der Waals surface area contributed by atoms with Crippen molar-refractivity contribution in [3.63, 3.8) is 0 Å². The van der Waals surface area contributed by atoms with Gasteiger partial charge in [0.2, 0.25) is 0 Å². The van der Waals surface area contributed by atoms with E-state index in [0.29, 0.717) is 0 Å². The van der Waals surface area contributed by atoms with E-state index in [1.54, 1.807) is 6.92 Å². The first-order valence-corrected chi connectivity index (χ1v) is 4.81. The maximum Gasteiger partial charge on any atom is 0.00554 e. The van der Waals surface area contributed by atoms with Crippen LogP contribution in [0.25, 0.3) is 0 Å². The minimum atomic E-state index is 0. The fourth-order valence-electron chi connectivity index (χ4n) is 0. The van der Waals surface area contributed by atoms with Gasteiger partial charge in [-0.15, -0.1) is 0 Å². The molecule has 0 aliphatic rings. The predicted molar refractivity (Wildman–Crippen MR) is 63.5 cm³/mol. The lowest BCUT2D eigenvalue weighted by molar-refractivity contribution is 1.23. The minimum Gasteiger partial charge on any atom is -0.310 e. The lowest BCUT2D eigenvalue weighted by Crippen LogP contribution is -1.78. The summed E-state index contributed by atoms with van der Waals surface area (Å²) in [6, 6.07) is 0. The maximum absolute atomic E-state index is 6.74. The van der Waals surface area contributed by atoms with Gasteiger partial charge in [0.05, 0.1) is 0 Å². The highest BCUT2D eigenvalue weighted by Crippen LogP contribution is 1.72. The van der Waals surface area contributed by atoms with E-state index < -0.39 is 0 Å². The van der Waals surface area contributed by atoms with Gasteiger partial charge < -0.3 is 5.41 Å². The summed E-state index contributed by atoms with van der Waals surface area (Å²) in [6.07, 6.45) is 0.889. The van der Waals surface area contributed by atoms with Gasteiger partial charge in [-0.1, -0.05) is 48.5 Å². The highest BCUT2D eigenvalue weighted by atomic mass is 14.4. The molecule has 1 N–H and O–H groups in total. The second kappa shape index (κ2) is 72.9. The van der Waals surface area contributed by atoms with Crippen LogP contribution >= 0.6 is 0 Å². The molecule has 0 heterocycles. The molecule has 0 aromatic rings. The topological polar surface area (TPSA) is 23.9 Å². The first-order valence-electron chi connectivity index (χ1n) is 4.81. The van der Waals surface area contributed by atoms with Crippen LogP contribution in [0.15, 0.2) is 0 Å². The molecule has 0 rings (SSSR count). The molecule has 75 valence electrons. The lowest BCUT2D eigenvalue weighted by Gasteiger charge is -1.77. The van der Waals surface area contributed by atoms with E-state index in [1.807, 2.05) is 48.5 Å². The van der Waals surface area contributed by atoms with Crippen LogP contribution < -0.4 is 0 Å². The van der Waals surface area contributed by atoms with Gasteiger partial charge in [-0.25, -0.2) is 0 Å². The van der Waals surface area contributed by atoms with Crippen molar-refractivity contribution in [3.05, 3.63) is 0 Å². The fraction of sp³-hybridized carbons (Fsp3) is 0.900. The molecular formula is C10H27BN. The van der Waals surface area contributed by atoms with Crippen LogP contribution in [0, 0.1) is 5.41 Å². The SMILES string of the molecule is CC.CC.CC.CCC(C)=N.[B]. The quantitative estimate of drug-likeness (QED) is 0.454. The summed E-state index contributed by atoms with van der Waals surface area (Å²) in [5, 5.41) is 6.74. The van der Waals surface area contributed by atoms with Gasteiger partial charge in [-0.3, -0.25) is 0 Å². The summed E-state index contributed by atoms with van der Waals surface area (Å²) in [4.78, 5) is 0. The van der Waals surface area contributed by atoms with Crippen molar-refractivity contribution in [1.82, 2.24) is 0 Å². The first-order chi connectivity index (χ1) is 5.27. The standard InChI is InChI=1S/C4H9N.3C2H6.B/c1-3-4(2)5;3*1-2;/h5H,3H2,1-2H3;3*1-2H3;. The Balaban J connectivity index is -0.0000000203. The molecule has 0 aliphatic heterocycles. The smallest absolute Gasteiger partial charge is 0.00554 e. The molecule has 0 aromatic heterocycles. The van der Waals surface area contributed by atoms with Crippen molar-refractivity contribution in [2.45, 2.75) is 61.8 Å². The molecule has 0 fully saturated rings. The van der Waals surface area contributed by atoms with Crippen LogP contribution in [0.2, 0.25) is 0 Å². The molecule has 0 saturated heterocycles. The Kier molecular flexibility index (Phi) is 181. The molecule has 0 aromatic carbocycles. The summed E-state index contributed by atoms with van der Waals surface area (Å²) in [6.45, 7) is 15.8. The van der Waals surface area contributed by atoms with Gasteiger partial charge in [0.1, 0.15) is 0 Å². The van der Waals surface area contributed by atoms with Gasteiger partial charge in [0, 0.05) is 14.1 Å². The molecule has 1 nitrogen and oxygen atoms in total. The van der Waals surface area contributed by atoms with E-state index in [2.05, 4.69) is 0 Å². The third-order valence-corrected chi connectivity index (χ3v) is 0.530. The summed E-state index contributed by atoms with van der Waals surface area (Å²) >= 11 is 0. The van der Waals surface area contributed by atoms with Crippen molar-refractivity contribution >= 4 is 14.1 Å². The summed E-state index contributed by atoms with van der Waals surface area (Å²) in [5.74, 6) is 0. The van der Waals surface area contributed by atoms with E-state index in [1.165, 1.54) is 0 Å². The van der Waals surface area contributed by atoms with Crippen molar-refractivity contribution in [2.75, 3.05) is 0 Å². The summed E-state index contributed by atoms with van der Waals surface area (Å²) in [7, 11) is 0. The fourth-order valence-corrected chi connectivity index (χ4v) is 0. The Morgan fingerprint density at radius 2 is 1.00 bits per heavy atom. The number of rotatable bonds is 1. The highest BCUT2D eigenvalue weighted by Gasteiger charge is 1.70. The Labute approximate surface area is 82.0 Å². The second-order valence-corrected chi connectivity index (χ2v) is 1.13. The lowest BCUT2D eigenvalue weighted by atomic mass is 10.3.